The lowest BCUT2D eigenvalue weighted by molar-refractivity contribution is -0.153. The molecule has 0 spiro atoms. The Hall–Kier alpha value is -1.93. The van der Waals surface area contributed by atoms with Crippen molar-refractivity contribution in [3.63, 3.8) is 0 Å². The SMILES string of the molecule is COC(=O)[C@@H](NC(=O)OCc1ccccc1)[C@@H](C)C1OC(C)(C)O[P@@]1(=O)OC(C)(C)C. The molecule has 1 aromatic carbocycles. The monoisotopic (exact) mass is 457 g/mol. The van der Waals surface area contributed by atoms with Gasteiger partial charge in [-0.3, -0.25) is 9.09 Å². The Labute approximate surface area is 183 Å². The molecule has 1 amide bonds. The summed E-state index contributed by atoms with van der Waals surface area (Å²) >= 11 is 0. The van der Waals surface area contributed by atoms with Gasteiger partial charge in [0, 0.05) is 5.92 Å². The zero-order valence-electron chi connectivity index (χ0n) is 19.0. The molecule has 0 aromatic heterocycles. The molecular formula is C21H32NO8P. The highest BCUT2D eigenvalue weighted by atomic mass is 31.2. The van der Waals surface area contributed by atoms with Gasteiger partial charge >= 0.3 is 19.7 Å². The van der Waals surface area contributed by atoms with E-state index in [1.54, 1.807) is 53.7 Å². The van der Waals surface area contributed by atoms with E-state index in [1.807, 2.05) is 18.2 Å². The molecule has 0 bridgehead atoms. The van der Waals surface area contributed by atoms with Crippen molar-refractivity contribution in [2.45, 2.75) is 71.4 Å². The van der Waals surface area contributed by atoms with E-state index in [-0.39, 0.29) is 6.61 Å². The second-order valence-corrected chi connectivity index (χ2v) is 10.8. The Morgan fingerprint density at radius 1 is 1.23 bits per heavy atom. The highest BCUT2D eigenvalue weighted by Gasteiger charge is 2.57. The minimum atomic E-state index is -3.81. The van der Waals surface area contributed by atoms with Gasteiger partial charge in [-0.1, -0.05) is 37.3 Å². The van der Waals surface area contributed by atoms with Gasteiger partial charge in [0.1, 0.15) is 12.6 Å². The molecule has 10 heteroatoms. The first-order valence-corrected chi connectivity index (χ1v) is 11.6. The zero-order chi connectivity index (χ0) is 23.4. The Kier molecular flexibility index (Phi) is 7.92. The predicted octanol–water partition coefficient (Wildman–Crippen LogP) is 4.21. The molecule has 1 fully saturated rings. The molecule has 1 heterocycles. The number of alkyl carbamates (subject to hydrolysis) is 1. The standard InChI is InChI=1S/C21H32NO8P/c1-14(18-28-21(5,6)30-31(18,25)29-20(2,3)4)16(17(23)26-7)22-19(24)27-13-15-11-9-8-10-12-15/h8-12,14,16,18H,13H2,1-7H3,(H,22,24)/t14-,16+,18?,31+/m1/s1. The molecule has 4 atom stereocenters. The van der Waals surface area contributed by atoms with Crippen LogP contribution in [-0.4, -0.2) is 42.4 Å². The molecule has 0 saturated carbocycles. The van der Waals surface area contributed by atoms with Gasteiger partial charge in [0.15, 0.2) is 11.6 Å². The summed E-state index contributed by atoms with van der Waals surface area (Å²) in [5, 5.41) is 2.49. The fourth-order valence-corrected chi connectivity index (χ4v) is 5.97. The Morgan fingerprint density at radius 3 is 2.39 bits per heavy atom. The van der Waals surface area contributed by atoms with Crippen LogP contribution in [0.25, 0.3) is 0 Å². The largest absolute Gasteiger partial charge is 0.467 e. The van der Waals surface area contributed by atoms with E-state index in [1.165, 1.54) is 7.11 Å². The van der Waals surface area contributed by atoms with Crippen molar-refractivity contribution in [2.75, 3.05) is 7.11 Å². The van der Waals surface area contributed by atoms with E-state index in [9.17, 15) is 14.2 Å². The topological polar surface area (TPSA) is 109 Å². The molecule has 31 heavy (non-hydrogen) atoms. The number of amides is 1. The summed E-state index contributed by atoms with van der Waals surface area (Å²) in [6.45, 7) is 10.0. The summed E-state index contributed by atoms with van der Waals surface area (Å²) in [5.41, 5.74) is -0.00208. The van der Waals surface area contributed by atoms with E-state index in [0.29, 0.717) is 0 Å². The van der Waals surface area contributed by atoms with Crippen LogP contribution >= 0.6 is 7.60 Å². The summed E-state index contributed by atoms with van der Waals surface area (Å²) in [7, 11) is -2.62. The summed E-state index contributed by atoms with van der Waals surface area (Å²) in [5.74, 6) is -3.86. The van der Waals surface area contributed by atoms with Gasteiger partial charge in [-0.15, -0.1) is 0 Å². The van der Waals surface area contributed by atoms with Crippen molar-refractivity contribution in [3.05, 3.63) is 35.9 Å². The summed E-state index contributed by atoms with van der Waals surface area (Å²) in [6.07, 6.45) is -0.823. The number of hydrogen-bond acceptors (Lipinski definition) is 8. The van der Waals surface area contributed by atoms with Crippen molar-refractivity contribution < 1.29 is 37.4 Å². The van der Waals surface area contributed by atoms with Gasteiger partial charge in [-0.25, -0.2) is 9.59 Å². The second-order valence-electron chi connectivity index (χ2n) is 8.81. The van der Waals surface area contributed by atoms with Crippen molar-refractivity contribution in [1.82, 2.24) is 5.32 Å². The minimum Gasteiger partial charge on any atom is -0.467 e. The first kappa shape index (κ1) is 25.3. The fourth-order valence-electron chi connectivity index (χ4n) is 3.17. The van der Waals surface area contributed by atoms with E-state index in [0.717, 1.165) is 5.56 Å². The molecule has 0 radical (unpaired) electrons. The molecule has 1 aliphatic rings. The van der Waals surface area contributed by atoms with Crippen LogP contribution in [0, 0.1) is 5.92 Å². The van der Waals surface area contributed by atoms with Gasteiger partial charge in [0.25, 0.3) is 0 Å². The van der Waals surface area contributed by atoms with Crippen LogP contribution in [0.3, 0.4) is 0 Å². The number of rotatable bonds is 7. The van der Waals surface area contributed by atoms with Gasteiger partial charge in [-0.05, 0) is 40.2 Å². The normalized spacial score (nSPS) is 24.8. The number of nitrogens with one attached hydrogen (secondary N) is 1. The molecule has 2 rings (SSSR count). The number of carbonyl (C=O) groups excluding carboxylic acids is 2. The highest BCUT2D eigenvalue weighted by molar-refractivity contribution is 7.54. The highest BCUT2D eigenvalue weighted by Crippen LogP contribution is 2.66. The van der Waals surface area contributed by atoms with Crippen LogP contribution in [-0.2, 0) is 39.2 Å². The number of benzene rings is 1. The van der Waals surface area contributed by atoms with Crippen molar-refractivity contribution in [3.8, 4) is 0 Å². The van der Waals surface area contributed by atoms with Crippen molar-refractivity contribution in [2.24, 2.45) is 5.92 Å². The maximum Gasteiger partial charge on any atom is 0.408 e. The lowest BCUT2D eigenvalue weighted by Crippen LogP contribution is -2.49. The van der Waals surface area contributed by atoms with Gasteiger partial charge in [0.05, 0.1) is 12.7 Å². The maximum absolute atomic E-state index is 13.6. The van der Waals surface area contributed by atoms with Crippen LogP contribution in [0.1, 0.15) is 47.1 Å². The molecule has 174 valence electrons. The fraction of sp³-hybridized carbons (Fsp3) is 0.619. The first-order valence-electron chi connectivity index (χ1n) is 10.0. The number of hydrogen-bond donors (Lipinski definition) is 1. The van der Waals surface area contributed by atoms with Crippen LogP contribution in [0.5, 0.6) is 0 Å². The lowest BCUT2D eigenvalue weighted by atomic mass is 10.0. The lowest BCUT2D eigenvalue weighted by Gasteiger charge is -2.31. The van der Waals surface area contributed by atoms with Gasteiger partial charge in [0.2, 0.25) is 0 Å². The second kappa shape index (κ2) is 9.69. The molecule has 1 aliphatic heterocycles. The molecule has 9 nitrogen and oxygen atoms in total. The van der Waals surface area contributed by atoms with Gasteiger partial charge in [-0.2, -0.15) is 0 Å². The summed E-state index contributed by atoms with van der Waals surface area (Å²) in [4.78, 5) is 24.8. The predicted molar refractivity (Wildman–Crippen MR) is 113 cm³/mol. The average Bonchev–Trinajstić information content (AvgIpc) is 2.90. The van der Waals surface area contributed by atoms with Gasteiger partial charge < -0.3 is 24.1 Å². The smallest absolute Gasteiger partial charge is 0.408 e. The Bertz CT molecular complexity index is 820. The van der Waals surface area contributed by atoms with Crippen LogP contribution in [0.2, 0.25) is 0 Å². The zero-order valence-corrected chi connectivity index (χ0v) is 19.9. The number of methoxy groups -OCH3 is 1. The molecule has 1 unspecified atom stereocenters. The molecule has 1 aromatic rings. The van der Waals surface area contributed by atoms with E-state index >= 15 is 0 Å². The quantitative estimate of drug-likeness (QED) is 0.479. The average molecular weight is 457 g/mol. The van der Waals surface area contributed by atoms with Crippen LogP contribution < -0.4 is 5.32 Å². The molecule has 0 aliphatic carbocycles. The number of esters is 1. The van der Waals surface area contributed by atoms with E-state index in [4.69, 9.17) is 23.3 Å². The molecule has 1 N–H and O–H groups in total. The van der Waals surface area contributed by atoms with Crippen LogP contribution in [0.15, 0.2) is 30.3 Å². The molecular weight excluding hydrogens is 425 g/mol. The molecule has 1 saturated heterocycles. The summed E-state index contributed by atoms with van der Waals surface area (Å²) < 4.78 is 40.8. The third kappa shape index (κ3) is 7.04. The first-order chi connectivity index (χ1) is 14.3. The summed E-state index contributed by atoms with van der Waals surface area (Å²) in [6, 6.07) is 7.90. The maximum atomic E-state index is 13.6. The minimum absolute atomic E-state index is 0.0245. The van der Waals surface area contributed by atoms with E-state index < -0.39 is 48.9 Å². The van der Waals surface area contributed by atoms with Crippen molar-refractivity contribution in [1.29, 1.82) is 0 Å². The third-order valence-electron chi connectivity index (χ3n) is 4.38. The Balaban J connectivity index is 2.18. The van der Waals surface area contributed by atoms with E-state index in [2.05, 4.69) is 5.32 Å². The number of ether oxygens (including phenoxy) is 3. The number of carbonyl (C=O) groups is 2. The van der Waals surface area contributed by atoms with Crippen LogP contribution in [0.4, 0.5) is 4.79 Å². The Morgan fingerprint density at radius 2 is 1.84 bits per heavy atom. The third-order valence-corrected chi connectivity index (χ3v) is 7.08. The van der Waals surface area contributed by atoms with Crippen molar-refractivity contribution >= 4 is 19.7 Å².